The average molecular weight is 302 g/mol. The van der Waals surface area contributed by atoms with Gasteiger partial charge >= 0.3 is 5.69 Å². The topological polar surface area (TPSA) is 75.0 Å². The van der Waals surface area contributed by atoms with E-state index < -0.39 is 5.69 Å². The Balaban J connectivity index is 2.46. The van der Waals surface area contributed by atoms with Crippen LogP contribution in [0, 0.1) is 13.8 Å². The van der Waals surface area contributed by atoms with Gasteiger partial charge in [-0.2, -0.15) is 0 Å². The van der Waals surface area contributed by atoms with Gasteiger partial charge in [0, 0.05) is 16.0 Å². The molecular formula is C15H14N2O3S. The highest BCUT2D eigenvalue weighted by Gasteiger charge is 2.18. The SMILES string of the molecule is COc1ccc(C)cc1-c1c(C)sc2[nH]c(=O)[nH]c(=O)c12. The number of aryl methyl sites for hydroxylation is 2. The third kappa shape index (κ3) is 2.17. The molecule has 3 aromatic rings. The van der Waals surface area contributed by atoms with Gasteiger partial charge in [-0.15, -0.1) is 11.3 Å². The fourth-order valence-electron chi connectivity index (χ4n) is 2.49. The van der Waals surface area contributed by atoms with Gasteiger partial charge < -0.3 is 4.74 Å². The second kappa shape index (κ2) is 4.89. The fraction of sp³-hybridized carbons (Fsp3) is 0.200. The summed E-state index contributed by atoms with van der Waals surface area (Å²) in [6.45, 7) is 3.92. The van der Waals surface area contributed by atoms with E-state index in [-0.39, 0.29) is 5.56 Å². The van der Waals surface area contributed by atoms with Crippen molar-refractivity contribution < 1.29 is 4.74 Å². The molecule has 6 heteroatoms. The molecule has 5 nitrogen and oxygen atoms in total. The molecule has 0 radical (unpaired) electrons. The summed E-state index contributed by atoms with van der Waals surface area (Å²) in [5, 5.41) is 0.501. The Morgan fingerprint density at radius 3 is 2.62 bits per heavy atom. The minimum Gasteiger partial charge on any atom is -0.496 e. The molecule has 0 amide bonds. The summed E-state index contributed by atoms with van der Waals surface area (Å²) in [5.74, 6) is 0.703. The predicted molar refractivity (Wildman–Crippen MR) is 84.5 cm³/mol. The van der Waals surface area contributed by atoms with Gasteiger partial charge in [0.15, 0.2) is 0 Å². The molecule has 0 spiro atoms. The molecule has 0 aliphatic rings. The van der Waals surface area contributed by atoms with E-state index in [4.69, 9.17) is 4.74 Å². The lowest BCUT2D eigenvalue weighted by molar-refractivity contribution is 0.416. The van der Waals surface area contributed by atoms with Crippen LogP contribution in [0.5, 0.6) is 5.75 Å². The molecule has 0 unspecified atom stereocenters. The Morgan fingerprint density at radius 1 is 1.14 bits per heavy atom. The Hall–Kier alpha value is -2.34. The van der Waals surface area contributed by atoms with Crippen molar-refractivity contribution in [1.29, 1.82) is 0 Å². The number of aromatic amines is 2. The van der Waals surface area contributed by atoms with Crippen LogP contribution in [0.1, 0.15) is 10.4 Å². The quantitative estimate of drug-likeness (QED) is 0.764. The van der Waals surface area contributed by atoms with E-state index in [9.17, 15) is 9.59 Å². The predicted octanol–water partition coefficient (Wildman–Crippen LogP) is 2.57. The molecule has 0 saturated carbocycles. The zero-order chi connectivity index (χ0) is 15.1. The molecule has 0 bridgehead atoms. The average Bonchev–Trinajstić information content (AvgIpc) is 2.74. The van der Waals surface area contributed by atoms with Crippen LogP contribution in [-0.4, -0.2) is 17.1 Å². The lowest BCUT2D eigenvalue weighted by Crippen LogP contribution is -2.21. The van der Waals surface area contributed by atoms with Crippen LogP contribution in [0.15, 0.2) is 27.8 Å². The number of H-pyrrole nitrogens is 2. The monoisotopic (exact) mass is 302 g/mol. The van der Waals surface area contributed by atoms with Crippen molar-refractivity contribution in [3.05, 3.63) is 49.5 Å². The number of hydrogen-bond acceptors (Lipinski definition) is 4. The lowest BCUT2D eigenvalue weighted by atomic mass is 10.0. The zero-order valence-corrected chi connectivity index (χ0v) is 12.7. The van der Waals surface area contributed by atoms with Crippen LogP contribution >= 0.6 is 11.3 Å². The smallest absolute Gasteiger partial charge is 0.326 e. The van der Waals surface area contributed by atoms with Crippen molar-refractivity contribution in [2.24, 2.45) is 0 Å². The molecule has 0 aliphatic carbocycles. The minimum absolute atomic E-state index is 0.378. The van der Waals surface area contributed by atoms with Crippen molar-refractivity contribution in [3.8, 4) is 16.9 Å². The van der Waals surface area contributed by atoms with Crippen LogP contribution in [0.4, 0.5) is 0 Å². The van der Waals surface area contributed by atoms with Crippen LogP contribution in [-0.2, 0) is 0 Å². The number of ether oxygens (including phenoxy) is 1. The molecule has 2 N–H and O–H groups in total. The summed E-state index contributed by atoms with van der Waals surface area (Å²) in [6.07, 6.45) is 0. The van der Waals surface area contributed by atoms with Gasteiger partial charge in [0.25, 0.3) is 5.56 Å². The van der Waals surface area contributed by atoms with E-state index >= 15 is 0 Å². The summed E-state index contributed by atoms with van der Waals surface area (Å²) < 4.78 is 5.41. The first-order chi connectivity index (χ1) is 10.0. The summed E-state index contributed by atoms with van der Waals surface area (Å²) in [4.78, 5) is 30.1. The molecule has 108 valence electrons. The molecule has 2 heterocycles. The number of fused-ring (bicyclic) bond motifs is 1. The van der Waals surface area contributed by atoms with Crippen LogP contribution < -0.4 is 16.0 Å². The maximum absolute atomic E-state index is 12.2. The van der Waals surface area contributed by atoms with E-state index in [1.54, 1.807) is 7.11 Å². The normalized spacial score (nSPS) is 11.0. The molecular weight excluding hydrogens is 288 g/mol. The van der Waals surface area contributed by atoms with Crippen molar-refractivity contribution in [2.45, 2.75) is 13.8 Å². The van der Waals surface area contributed by atoms with Crippen molar-refractivity contribution in [2.75, 3.05) is 7.11 Å². The number of benzene rings is 1. The number of hydrogen-bond donors (Lipinski definition) is 2. The van der Waals surface area contributed by atoms with Crippen molar-refractivity contribution in [3.63, 3.8) is 0 Å². The molecule has 0 aliphatic heterocycles. The molecule has 21 heavy (non-hydrogen) atoms. The first-order valence-electron chi connectivity index (χ1n) is 6.42. The maximum Gasteiger partial charge on any atom is 0.326 e. The van der Waals surface area contributed by atoms with Gasteiger partial charge in [0.05, 0.1) is 12.5 Å². The summed E-state index contributed by atoms with van der Waals surface area (Å²) in [5.41, 5.74) is 1.88. The number of aromatic nitrogens is 2. The first kappa shape index (κ1) is 13.6. The van der Waals surface area contributed by atoms with Crippen LogP contribution in [0.3, 0.4) is 0 Å². The van der Waals surface area contributed by atoms with Gasteiger partial charge in [-0.3, -0.25) is 14.8 Å². The minimum atomic E-state index is -0.489. The van der Waals surface area contributed by atoms with Gasteiger partial charge in [-0.05, 0) is 26.0 Å². The standard InChI is InChI=1S/C15H14N2O3S/c1-7-4-5-10(20-3)9(6-7)11-8(2)21-14-12(11)13(18)16-15(19)17-14/h4-6H,1-3H3,(H2,16,17,18,19). The fourth-order valence-corrected chi connectivity index (χ4v) is 3.55. The lowest BCUT2D eigenvalue weighted by Gasteiger charge is -2.09. The van der Waals surface area contributed by atoms with Gasteiger partial charge in [0.1, 0.15) is 10.6 Å². The Kier molecular flexibility index (Phi) is 3.17. The van der Waals surface area contributed by atoms with Crippen molar-refractivity contribution >= 4 is 21.6 Å². The first-order valence-corrected chi connectivity index (χ1v) is 7.23. The highest BCUT2D eigenvalue weighted by Crippen LogP contribution is 2.40. The van der Waals surface area contributed by atoms with Crippen molar-refractivity contribution in [1.82, 2.24) is 9.97 Å². The number of rotatable bonds is 2. The zero-order valence-electron chi connectivity index (χ0n) is 11.9. The second-order valence-corrected chi connectivity index (χ2v) is 6.07. The third-order valence-electron chi connectivity index (χ3n) is 3.39. The van der Waals surface area contributed by atoms with Gasteiger partial charge in [-0.1, -0.05) is 11.6 Å². The summed E-state index contributed by atoms with van der Waals surface area (Å²) >= 11 is 1.40. The largest absolute Gasteiger partial charge is 0.496 e. The number of thiophene rings is 1. The molecule has 0 saturated heterocycles. The van der Waals surface area contributed by atoms with E-state index in [1.165, 1.54) is 11.3 Å². The molecule has 0 atom stereocenters. The van der Waals surface area contributed by atoms with Crippen LogP contribution in [0.25, 0.3) is 21.3 Å². The summed E-state index contributed by atoms with van der Waals surface area (Å²) in [6, 6.07) is 5.82. The Labute approximate surface area is 124 Å². The van der Waals surface area contributed by atoms with E-state index in [0.29, 0.717) is 16.0 Å². The molecule has 0 fully saturated rings. The highest BCUT2D eigenvalue weighted by molar-refractivity contribution is 7.19. The van der Waals surface area contributed by atoms with Gasteiger partial charge in [-0.25, -0.2) is 4.79 Å². The molecule has 3 rings (SSSR count). The molecule has 1 aromatic carbocycles. The van der Waals surface area contributed by atoms with Crippen LogP contribution in [0.2, 0.25) is 0 Å². The number of nitrogens with one attached hydrogen (secondary N) is 2. The summed E-state index contributed by atoms with van der Waals surface area (Å²) in [7, 11) is 1.60. The third-order valence-corrected chi connectivity index (χ3v) is 4.41. The second-order valence-electron chi connectivity index (χ2n) is 4.85. The van der Waals surface area contributed by atoms with E-state index in [1.807, 2.05) is 32.0 Å². The highest BCUT2D eigenvalue weighted by atomic mass is 32.1. The number of methoxy groups -OCH3 is 1. The maximum atomic E-state index is 12.2. The van der Waals surface area contributed by atoms with E-state index in [0.717, 1.165) is 21.6 Å². The Bertz CT molecular complexity index is 950. The van der Waals surface area contributed by atoms with E-state index in [2.05, 4.69) is 9.97 Å². The molecule has 2 aromatic heterocycles. The van der Waals surface area contributed by atoms with Gasteiger partial charge in [0.2, 0.25) is 0 Å². The Morgan fingerprint density at radius 2 is 1.90 bits per heavy atom.